The third kappa shape index (κ3) is 2.26. The summed E-state index contributed by atoms with van der Waals surface area (Å²) in [7, 11) is 0. The highest BCUT2D eigenvalue weighted by atomic mass is 16.4. The van der Waals surface area contributed by atoms with Crippen LogP contribution in [0.15, 0.2) is 17.3 Å². The topological polar surface area (TPSA) is 92.8 Å². The lowest BCUT2D eigenvalue weighted by atomic mass is 9.87. The first kappa shape index (κ1) is 10.6. The molecule has 1 rings (SSSR count). The van der Waals surface area contributed by atoms with Crippen molar-refractivity contribution in [3.8, 4) is 0 Å². The Kier molecular flexibility index (Phi) is 2.81. The molecule has 0 aliphatic carbocycles. The lowest BCUT2D eigenvalue weighted by Crippen LogP contribution is -2.47. The minimum atomic E-state index is -1.38. The molecule has 0 saturated heterocycles. The number of hydrogen-bond donors (Lipinski definition) is 2. The van der Waals surface area contributed by atoms with Crippen LogP contribution < -0.4 is 5.73 Å². The fourth-order valence-corrected chi connectivity index (χ4v) is 1.17. The highest BCUT2D eigenvalue weighted by Crippen LogP contribution is 2.18. The number of allylic oxidation sites excluding steroid dienone is 1. The van der Waals surface area contributed by atoms with Crippen LogP contribution in [0.4, 0.5) is 0 Å². The minimum Gasteiger partial charge on any atom is -0.480 e. The number of aliphatic imine (C=N–C) groups is 1. The van der Waals surface area contributed by atoms with E-state index in [2.05, 4.69) is 4.99 Å². The molecule has 0 amide bonds. The summed E-state index contributed by atoms with van der Waals surface area (Å²) in [6.45, 7) is 1.39. The summed E-state index contributed by atoms with van der Waals surface area (Å²) in [5.41, 5.74) is 4.14. The monoisotopic (exact) mass is 196 g/mol. The molecule has 2 atom stereocenters. The summed E-state index contributed by atoms with van der Waals surface area (Å²) in [6, 6.07) is 0. The molecule has 1 aliphatic rings. The molecular formula is C9H12N2O3. The Morgan fingerprint density at radius 1 is 1.79 bits per heavy atom. The van der Waals surface area contributed by atoms with Crippen molar-refractivity contribution in [3.05, 3.63) is 12.3 Å². The minimum absolute atomic E-state index is 0.0870. The molecule has 1 aliphatic heterocycles. The second-order valence-corrected chi connectivity index (χ2v) is 3.56. The van der Waals surface area contributed by atoms with Crippen molar-refractivity contribution in [2.24, 2.45) is 16.6 Å². The number of ketones is 1. The number of nitrogens with zero attached hydrogens (tertiary/aromatic N) is 1. The second kappa shape index (κ2) is 3.71. The predicted molar refractivity (Wildman–Crippen MR) is 51.0 cm³/mol. The Bertz CT molecular complexity index is 318. The van der Waals surface area contributed by atoms with Crippen LogP contribution in [0.3, 0.4) is 0 Å². The molecule has 0 radical (unpaired) electrons. The van der Waals surface area contributed by atoms with Crippen LogP contribution in [0.2, 0.25) is 0 Å². The Balaban J connectivity index is 2.69. The molecule has 3 N–H and O–H groups in total. The molecular weight excluding hydrogens is 184 g/mol. The molecule has 1 heterocycles. The van der Waals surface area contributed by atoms with E-state index in [9.17, 15) is 9.59 Å². The molecule has 0 aromatic carbocycles. The molecule has 0 spiro atoms. The predicted octanol–water partition coefficient (Wildman–Crippen LogP) is -0.0381. The number of carboxylic acids is 1. The number of aliphatic carboxylic acids is 1. The third-order valence-corrected chi connectivity index (χ3v) is 2.10. The lowest BCUT2D eigenvalue weighted by Gasteiger charge is -2.22. The average molecular weight is 196 g/mol. The van der Waals surface area contributed by atoms with Crippen LogP contribution in [0.1, 0.15) is 13.3 Å². The molecule has 14 heavy (non-hydrogen) atoms. The summed E-state index contributed by atoms with van der Waals surface area (Å²) in [6.07, 6.45) is 4.31. The van der Waals surface area contributed by atoms with Gasteiger partial charge in [-0.25, -0.2) is 0 Å². The molecule has 0 aromatic heterocycles. The summed E-state index contributed by atoms with van der Waals surface area (Å²) >= 11 is 0. The van der Waals surface area contributed by atoms with Gasteiger partial charge in [-0.1, -0.05) is 6.08 Å². The van der Waals surface area contributed by atoms with Gasteiger partial charge in [0.1, 0.15) is 5.54 Å². The van der Waals surface area contributed by atoms with Crippen LogP contribution in [-0.2, 0) is 9.59 Å². The zero-order valence-corrected chi connectivity index (χ0v) is 7.80. The standard InChI is InChI=1S/C9H12N2O3/c1-9(10,8(13)14)4-6-2-3-11-5-7(6)12/h2-3,5-6H,4,10H2,1H3,(H,13,14). The lowest BCUT2D eigenvalue weighted by molar-refractivity contribution is -0.143. The van der Waals surface area contributed by atoms with Crippen molar-refractivity contribution in [2.75, 3.05) is 0 Å². The average Bonchev–Trinajstić information content (AvgIpc) is 2.08. The molecule has 0 fully saturated rings. The van der Waals surface area contributed by atoms with Crippen LogP contribution in [-0.4, -0.2) is 28.6 Å². The van der Waals surface area contributed by atoms with E-state index in [0.29, 0.717) is 0 Å². The van der Waals surface area contributed by atoms with Crippen molar-refractivity contribution >= 4 is 18.0 Å². The van der Waals surface area contributed by atoms with Gasteiger partial charge < -0.3 is 10.8 Å². The molecule has 5 nitrogen and oxygen atoms in total. The molecule has 0 saturated carbocycles. The summed E-state index contributed by atoms with van der Waals surface area (Å²) in [5.74, 6) is -1.79. The van der Waals surface area contributed by atoms with E-state index < -0.39 is 17.4 Å². The van der Waals surface area contributed by atoms with E-state index in [1.807, 2.05) is 0 Å². The van der Waals surface area contributed by atoms with Crippen molar-refractivity contribution in [1.29, 1.82) is 0 Å². The number of Topliss-reactive ketones (excluding diaryl/α,β-unsaturated/α-hetero) is 1. The smallest absolute Gasteiger partial charge is 0.323 e. The first-order valence-electron chi connectivity index (χ1n) is 4.19. The maximum Gasteiger partial charge on any atom is 0.323 e. The number of nitrogens with two attached hydrogens (primary N) is 1. The highest BCUT2D eigenvalue weighted by Gasteiger charge is 2.33. The third-order valence-electron chi connectivity index (χ3n) is 2.10. The molecule has 0 bridgehead atoms. The van der Waals surface area contributed by atoms with Gasteiger partial charge in [0.15, 0.2) is 5.78 Å². The largest absolute Gasteiger partial charge is 0.480 e. The fourth-order valence-electron chi connectivity index (χ4n) is 1.17. The van der Waals surface area contributed by atoms with Crippen LogP contribution in [0.5, 0.6) is 0 Å². The Morgan fingerprint density at radius 2 is 2.43 bits per heavy atom. The van der Waals surface area contributed by atoms with Gasteiger partial charge in [0.05, 0.1) is 6.21 Å². The molecule has 76 valence electrons. The Hall–Kier alpha value is -1.49. The summed E-state index contributed by atoms with van der Waals surface area (Å²) in [5, 5.41) is 8.76. The van der Waals surface area contributed by atoms with E-state index in [4.69, 9.17) is 10.8 Å². The first-order chi connectivity index (χ1) is 6.43. The normalized spacial score (nSPS) is 24.7. The Labute approximate surface area is 81.3 Å². The molecule has 2 unspecified atom stereocenters. The number of carbonyl (C=O) groups excluding carboxylic acids is 1. The van der Waals surface area contributed by atoms with Gasteiger partial charge in [-0.3, -0.25) is 14.6 Å². The van der Waals surface area contributed by atoms with Gasteiger partial charge >= 0.3 is 5.97 Å². The number of rotatable bonds is 3. The van der Waals surface area contributed by atoms with Crippen molar-refractivity contribution in [2.45, 2.75) is 18.9 Å². The van der Waals surface area contributed by atoms with E-state index in [0.717, 1.165) is 0 Å². The number of carbonyl (C=O) groups is 2. The first-order valence-corrected chi connectivity index (χ1v) is 4.19. The fraction of sp³-hybridized carbons (Fsp3) is 0.444. The Morgan fingerprint density at radius 3 is 2.93 bits per heavy atom. The van der Waals surface area contributed by atoms with E-state index in [-0.39, 0.29) is 12.2 Å². The summed E-state index contributed by atoms with van der Waals surface area (Å²) in [4.78, 5) is 25.6. The van der Waals surface area contributed by atoms with Gasteiger partial charge in [0, 0.05) is 12.1 Å². The maximum atomic E-state index is 11.2. The van der Waals surface area contributed by atoms with Crippen molar-refractivity contribution in [3.63, 3.8) is 0 Å². The van der Waals surface area contributed by atoms with Crippen LogP contribution >= 0.6 is 0 Å². The van der Waals surface area contributed by atoms with Crippen molar-refractivity contribution < 1.29 is 14.7 Å². The van der Waals surface area contributed by atoms with E-state index in [1.54, 1.807) is 6.08 Å². The molecule has 5 heteroatoms. The van der Waals surface area contributed by atoms with E-state index >= 15 is 0 Å². The van der Waals surface area contributed by atoms with Gasteiger partial charge in [-0.2, -0.15) is 0 Å². The second-order valence-electron chi connectivity index (χ2n) is 3.56. The quantitative estimate of drug-likeness (QED) is 0.662. The van der Waals surface area contributed by atoms with Gasteiger partial charge in [-0.05, 0) is 13.3 Å². The maximum absolute atomic E-state index is 11.2. The molecule has 0 aromatic rings. The van der Waals surface area contributed by atoms with Gasteiger partial charge in [0.2, 0.25) is 0 Å². The zero-order valence-electron chi connectivity index (χ0n) is 7.80. The van der Waals surface area contributed by atoms with E-state index in [1.165, 1.54) is 19.3 Å². The van der Waals surface area contributed by atoms with Crippen LogP contribution in [0.25, 0.3) is 0 Å². The SMILES string of the molecule is CC(N)(CC1C=CN=CC1=O)C(=O)O. The van der Waals surface area contributed by atoms with Gasteiger partial charge in [-0.15, -0.1) is 0 Å². The van der Waals surface area contributed by atoms with Gasteiger partial charge in [0.25, 0.3) is 0 Å². The number of hydrogen-bond acceptors (Lipinski definition) is 4. The van der Waals surface area contributed by atoms with Crippen LogP contribution in [0, 0.1) is 5.92 Å². The summed E-state index contributed by atoms with van der Waals surface area (Å²) < 4.78 is 0. The highest BCUT2D eigenvalue weighted by molar-refractivity contribution is 6.29. The zero-order chi connectivity index (χ0) is 10.8. The number of carboxylic acid groups (broad SMARTS) is 1. The van der Waals surface area contributed by atoms with Crippen molar-refractivity contribution in [1.82, 2.24) is 0 Å².